The van der Waals surface area contributed by atoms with E-state index in [2.05, 4.69) is 21.3 Å². The standard InChI is InChI=1S/C20H27N3O2/c1-16-5-4-6-19(13-16)25-15-18(24)14-22-17-8-11-23(12-9-17)20-7-2-3-10-21-20/h2-7,10,13,17-18,22,24H,8-9,11-12,14-15H2,1H3. The van der Waals surface area contributed by atoms with Crippen LogP contribution in [0.15, 0.2) is 48.7 Å². The summed E-state index contributed by atoms with van der Waals surface area (Å²) in [5.41, 5.74) is 1.16. The van der Waals surface area contributed by atoms with Gasteiger partial charge >= 0.3 is 0 Å². The molecule has 2 N–H and O–H groups in total. The molecule has 0 saturated carbocycles. The van der Waals surface area contributed by atoms with Gasteiger partial charge in [0.15, 0.2) is 0 Å². The van der Waals surface area contributed by atoms with Crippen molar-refractivity contribution in [2.45, 2.75) is 31.9 Å². The first-order valence-electron chi connectivity index (χ1n) is 8.97. The highest BCUT2D eigenvalue weighted by atomic mass is 16.5. The van der Waals surface area contributed by atoms with Crippen LogP contribution in [0.2, 0.25) is 0 Å². The smallest absolute Gasteiger partial charge is 0.128 e. The van der Waals surface area contributed by atoms with Crippen molar-refractivity contribution in [3.8, 4) is 5.75 Å². The van der Waals surface area contributed by atoms with Crippen molar-refractivity contribution in [3.05, 3.63) is 54.2 Å². The molecule has 1 atom stereocenters. The molecule has 2 heterocycles. The molecule has 1 aromatic carbocycles. The molecule has 0 spiro atoms. The second kappa shape index (κ2) is 8.83. The molecule has 1 unspecified atom stereocenters. The number of aromatic nitrogens is 1. The van der Waals surface area contributed by atoms with Gasteiger partial charge in [-0.3, -0.25) is 0 Å². The first-order valence-corrected chi connectivity index (χ1v) is 8.97. The zero-order chi connectivity index (χ0) is 17.5. The molecule has 1 saturated heterocycles. The van der Waals surface area contributed by atoms with E-state index < -0.39 is 6.10 Å². The molecule has 2 aromatic rings. The predicted octanol–water partition coefficient (Wildman–Crippen LogP) is 2.39. The van der Waals surface area contributed by atoms with Crippen LogP contribution < -0.4 is 15.0 Å². The second-order valence-corrected chi connectivity index (χ2v) is 6.64. The number of rotatable bonds is 7. The van der Waals surface area contributed by atoms with E-state index in [1.165, 1.54) is 0 Å². The van der Waals surface area contributed by atoms with Crippen LogP contribution in [0.25, 0.3) is 0 Å². The van der Waals surface area contributed by atoms with Gasteiger partial charge in [0.05, 0.1) is 0 Å². The number of anilines is 1. The Hall–Kier alpha value is -2.11. The fraction of sp³-hybridized carbons (Fsp3) is 0.450. The van der Waals surface area contributed by atoms with Gasteiger partial charge in [0, 0.05) is 31.9 Å². The monoisotopic (exact) mass is 341 g/mol. The molecule has 0 bridgehead atoms. The minimum atomic E-state index is -0.505. The molecule has 1 aliphatic heterocycles. The molecule has 0 radical (unpaired) electrons. The van der Waals surface area contributed by atoms with Crippen LogP contribution >= 0.6 is 0 Å². The van der Waals surface area contributed by atoms with Gasteiger partial charge in [0.25, 0.3) is 0 Å². The summed E-state index contributed by atoms with van der Waals surface area (Å²) >= 11 is 0. The number of aliphatic hydroxyl groups is 1. The van der Waals surface area contributed by atoms with Crippen LogP contribution in [-0.2, 0) is 0 Å². The molecule has 0 aliphatic carbocycles. The number of aliphatic hydroxyl groups excluding tert-OH is 1. The van der Waals surface area contributed by atoms with Crippen LogP contribution in [0.4, 0.5) is 5.82 Å². The molecular weight excluding hydrogens is 314 g/mol. The van der Waals surface area contributed by atoms with Crippen LogP contribution in [0.3, 0.4) is 0 Å². The average Bonchev–Trinajstić information content (AvgIpc) is 2.66. The Morgan fingerprint density at radius 3 is 2.80 bits per heavy atom. The van der Waals surface area contributed by atoms with Crippen molar-refractivity contribution in [2.75, 3.05) is 31.1 Å². The highest BCUT2D eigenvalue weighted by molar-refractivity contribution is 5.38. The number of nitrogens with one attached hydrogen (secondary N) is 1. The van der Waals surface area contributed by atoms with Crippen molar-refractivity contribution in [1.82, 2.24) is 10.3 Å². The average molecular weight is 341 g/mol. The third kappa shape index (κ3) is 5.44. The zero-order valence-electron chi connectivity index (χ0n) is 14.8. The van der Waals surface area contributed by atoms with Crippen molar-refractivity contribution in [1.29, 1.82) is 0 Å². The van der Waals surface area contributed by atoms with Crippen molar-refractivity contribution in [3.63, 3.8) is 0 Å². The largest absolute Gasteiger partial charge is 0.491 e. The molecular formula is C20H27N3O2. The second-order valence-electron chi connectivity index (χ2n) is 6.64. The van der Waals surface area contributed by atoms with E-state index in [4.69, 9.17) is 4.74 Å². The Kier molecular flexibility index (Phi) is 6.25. The molecule has 134 valence electrons. The maximum atomic E-state index is 10.1. The fourth-order valence-corrected chi connectivity index (χ4v) is 3.11. The summed E-state index contributed by atoms with van der Waals surface area (Å²) in [6, 6.07) is 14.4. The predicted molar refractivity (Wildman–Crippen MR) is 100 cm³/mol. The lowest BCUT2D eigenvalue weighted by Crippen LogP contribution is -2.45. The summed E-state index contributed by atoms with van der Waals surface area (Å²) in [6.07, 6.45) is 3.45. The Bertz CT molecular complexity index is 642. The Balaban J connectivity index is 1.35. The van der Waals surface area contributed by atoms with Crippen molar-refractivity contribution >= 4 is 5.82 Å². The molecule has 5 heteroatoms. The summed E-state index contributed by atoms with van der Waals surface area (Å²) in [7, 11) is 0. The van der Waals surface area contributed by atoms with Gasteiger partial charge in [-0.1, -0.05) is 18.2 Å². The van der Waals surface area contributed by atoms with Crippen LogP contribution in [0.5, 0.6) is 5.75 Å². The van der Waals surface area contributed by atoms with E-state index in [0.29, 0.717) is 19.2 Å². The van der Waals surface area contributed by atoms with E-state index in [1.807, 2.05) is 49.5 Å². The van der Waals surface area contributed by atoms with Gasteiger partial charge in [-0.2, -0.15) is 0 Å². The topological polar surface area (TPSA) is 57.6 Å². The number of benzene rings is 1. The van der Waals surface area contributed by atoms with Gasteiger partial charge in [-0.05, 0) is 49.6 Å². The zero-order valence-corrected chi connectivity index (χ0v) is 14.8. The normalized spacial score (nSPS) is 16.6. The number of piperidine rings is 1. The van der Waals surface area contributed by atoms with Gasteiger partial charge in [0.1, 0.15) is 24.3 Å². The Labute approximate surface area is 149 Å². The number of ether oxygens (including phenoxy) is 1. The molecule has 1 aromatic heterocycles. The fourth-order valence-electron chi connectivity index (χ4n) is 3.11. The van der Waals surface area contributed by atoms with Crippen LogP contribution in [0, 0.1) is 6.92 Å². The minimum Gasteiger partial charge on any atom is -0.491 e. The van der Waals surface area contributed by atoms with E-state index in [1.54, 1.807) is 0 Å². The van der Waals surface area contributed by atoms with Gasteiger partial charge in [0.2, 0.25) is 0 Å². The number of hydrogen-bond acceptors (Lipinski definition) is 5. The molecule has 3 rings (SSSR count). The lowest BCUT2D eigenvalue weighted by Gasteiger charge is -2.33. The van der Waals surface area contributed by atoms with Gasteiger partial charge < -0.3 is 20.1 Å². The Morgan fingerprint density at radius 1 is 1.24 bits per heavy atom. The Morgan fingerprint density at radius 2 is 2.08 bits per heavy atom. The quantitative estimate of drug-likeness (QED) is 0.810. The summed E-state index contributed by atoms with van der Waals surface area (Å²) in [5, 5.41) is 13.6. The molecule has 1 fully saturated rings. The van der Waals surface area contributed by atoms with Crippen LogP contribution in [0.1, 0.15) is 18.4 Å². The number of nitrogens with zero attached hydrogens (tertiary/aromatic N) is 2. The van der Waals surface area contributed by atoms with E-state index in [0.717, 1.165) is 43.1 Å². The third-order valence-electron chi connectivity index (χ3n) is 4.54. The molecule has 0 amide bonds. The first kappa shape index (κ1) is 17.7. The maximum Gasteiger partial charge on any atom is 0.128 e. The van der Waals surface area contributed by atoms with Gasteiger partial charge in [-0.15, -0.1) is 0 Å². The van der Waals surface area contributed by atoms with E-state index in [-0.39, 0.29) is 0 Å². The highest BCUT2D eigenvalue weighted by Gasteiger charge is 2.20. The summed E-state index contributed by atoms with van der Waals surface area (Å²) in [4.78, 5) is 6.72. The van der Waals surface area contributed by atoms with Crippen LogP contribution in [-0.4, -0.2) is 48.5 Å². The first-order chi connectivity index (χ1) is 12.2. The lowest BCUT2D eigenvalue weighted by molar-refractivity contribution is 0.102. The van der Waals surface area contributed by atoms with Gasteiger partial charge in [-0.25, -0.2) is 4.98 Å². The number of aryl methyl sites for hydroxylation is 1. The van der Waals surface area contributed by atoms with Crippen molar-refractivity contribution < 1.29 is 9.84 Å². The van der Waals surface area contributed by atoms with E-state index >= 15 is 0 Å². The lowest BCUT2D eigenvalue weighted by atomic mass is 10.0. The number of hydrogen-bond donors (Lipinski definition) is 2. The van der Waals surface area contributed by atoms with E-state index in [9.17, 15) is 5.11 Å². The molecule has 25 heavy (non-hydrogen) atoms. The third-order valence-corrected chi connectivity index (χ3v) is 4.54. The number of pyridine rings is 1. The van der Waals surface area contributed by atoms with Crippen molar-refractivity contribution in [2.24, 2.45) is 0 Å². The highest BCUT2D eigenvalue weighted by Crippen LogP contribution is 2.17. The maximum absolute atomic E-state index is 10.1. The summed E-state index contributed by atoms with van der Waals surface area (Å²) in [6.45, 7) is 4.88. The minimum absolute atomic E-state index is 0.309. The SMILES string of the molecule is Cc1cccc(OCC(O)CNC2CCN(c3ccccn3)CC2)c1. The molecule has 1 aliphatic rings. The summed E-state index contributed by atoms with van der Waals surface area (Å²) in [5.74, 6) is 1.86. The molecule has 5 nitrogen and oxygen atoms in total. The summed E-state index contributed by atoms with van der Waals surface area (Å²) < 4.78 is 5.66.